The fourth-order valence-corrected chi connectivity index (χ4v) is 4.11. The van der Waals surface area contributed by atoms with Gasteiger partial charge in [0.1, 0.15) is 0 Å². The van der Waals surface area contributed by atoms with Gasteiger partial charge in [-0.05, 0) is 44.0 Å². The van der Waals surface area contributed by atoms with Crippen LogP contribution in [0.2, 0.25) is 4.34 Å². The summed E-state index contributed by atoms with van der Waals surface area (Å²) >= 11 is 7.73. The van der Waals surface area contributed by atoms with Gasteiger partial charge in [0.15, 0.2) is 0 Å². The Morgan fingerprint density at radius 2 is 1.95 bits per heavy atom. The summed E-state index contributed by atoms with van der Waals surface area (Å²) in [5.41, 5.74) is 1.80. The fourth-order valence-electron chi connectivity index (χ4n) is 2.98. The summed E-state index contributed by atoms with van der Waals surface area (Å²) in [5.74, 6) is 0. The fraction of sp³-hybridized carbons (Fsp3) is 0.375. The maximum absolute atomic E-state index is 6.03. The molecule has 1 aliphatic rings. The molecule has 0 aliphatic heterocycles. The second-order valence-corrected chi connectivity index (χ2v) is 7.07. The Labute approximate surface area is 123 Å². The van der Waals surface area contributed by atoms with E-state index in [1.807, 2.05) is 6.07 Å². The van der Waals surface area contributed by atoms with Gasteiger partial charge in [-0.2, -0.15) is 0 Å². The summed E-state index contributed by atoms with van der Waals surface area (Å²) in [7, 11) is 2.07. The molecular weight excluding hydrogens is 274 g/mol. The Morgan fingerprint density at radius 3 is 2.47 bits per heavy atom. The molecule has 1 unspecified atom stereocenters. The highest BCUT2D eigenvalue weighted by Crippen LogP contribution is 2.51. The van der Waals surface area contributed by atoms with Crippen molar-refractivity contribution in [1.29, 1.82) is 0 Å². The predicted molar refractivity (Wildman–Crippen MR) is 83.2 cm³/mol. The Balaban J connectivity index is 1.82. The zero-order valence-electron chi connectivity index (χ0n) is 11.0. The van der Waals surface area contributed by atoms with Crippen LogP contribution in [0.3, 0.4) is 0 Å². The maximum Gasteiger partial charge on any atom is 0.0931 e. The minimum absolute atomic E-state index is 0.326. The molecule has 1 atom stereocenters. The Bertz CT molecular complexity index is 545. The number of nitrogens with one attached hydrogen (secondary N) is 1. The SMILES string of the molecule is CNC(Cc1ccc(Cl)s1)C1(c2ccccc2)CC1. The minimum atomic E-state index is 0.326. The van der Waals surface area contributed by atoms with E-state index in [2.05, 4.69) is 48.8 Å². The summed E-state index contributed by atoms with van der Waals surface area (Å²) in [4.78, 5) is 1.37. The van der Waals surface area contributed by atoms with Gasteiger partial charge in [0, 0.05) is 16.3 Å². The van der Waals surface area contributed by atoms with Crippen LogP contribution in [0.4, 0.5) is 0 Å². The van der Waals surface area contributed by atoms with Crippen molar-refractivity contribution in [3.05, 3.63) is 57.2 Å². The highest BCUT2D eigenvalue weighted by Gasteiger charge is 2.49. The molecule has 2 aromatic rings. The van der Waals surface area contributed by atoms with Gasteiger partial charge in [0.05, 0.1) is 4.34 Å². The van der Waals surface area contributed by atoms with Gasteiger partial charge in [-0.3, -0.25) is 0 Å². The van der Waals surface area contributed by atoms with E-state index in [0.717, 1.165) is 10.8 Å². The Morgan fingerprint density at radius 1 is 1.21 bits per heavy atom. The maximum atomic E-state index is 6.03. The first kappa shape index (κ1) is 13.2. The molecule has 0 bridgehead atoms. The summed E-state index contributed by atoms with van der Waals surface area (Å²) < 4.78 is 0.884. The van der Waals surface area contributed by atoms with Gasteiger partial charge in [-0.25, -0.2) is 0 Å². The number of rotatable bonds is 5. The Hall–Kier alpha value is -0.830. The van der Waals surface area contributed by atoms with E-state index in [0.29, 0.717) is 11.5 Å². The van der Waals surface area contributed by atoms with E-state index in [9.17, 15) is 0 Å². The van der Waals surface area contributed by atoms with Crippen molar-refractivity contribution >= 4 is 22.9 Å². The summed E-state index contributed by atoms with van der Waals surface area (Å²) in [6, 6.07) is 15.5. The smallest absolute Gasteiger partial charge is 0.0931 e. The average Bonchev–Trinajstić information content (AvgIpc) is 3.15. The number of likely N-dealkylation sites (N-methyl/N-ethyl adjacent to an activating group) is 1. The van der Waals surface area contributed by atoms with Gasteiger partial charge < -0.3 is 5.32 Å². The molecule has 1 heterocycles. The van der Waals surface area contributed by atoms with E-state index < -0.39 is 0 Å². The lowest BCUT2D eigenvalue weighted by Gasteiger charge is -2.27. The molecule has 1 aromatic heterocycles. The minimum Gasteiger partial charge on any atom is -0.316 e. The summed E-state index contributed by atoms with van der Waals surface area (Å²) in [6.07, 6.45) is 3.62. The van der Waals surface area contributed by atoms with Crippen molar-refractivity contribution in [1.82, 2.24) is 5.32 Å². The van der Waals surface area contributed by atoms with Crippen LogP contribution in [-0.4, -0.2) is 13.1 Å². The molecule has 1 N–H and O–H groups in total. The van der Waals surface area contributed by atoms with E-state index in [-0.39, 0.29) is 0 Å². The van der Waals surface area contributed by atoms with Crippen molar-refractivity contribution in [2.75, 3.05) is 7.05 Å². The highest BCUT2D eigenvalue weighted by molar-refractivity contribution is 7.16. The van der Waals surface area contributed by atoms with Crippen LogP contribution in [0, 0.1) is 0 Å². The first-order chi connectivity index (χ1) is 9.24. The quantitative estimate of drug-likeness (QED) is 0.868. The van der Waals surface area contributed by atoms with Crippen LogP contribution in [0.1, 0.15) is 23.3 Å². The number of hydrogen-bond donors (Lipinski definition) is 1. The zero-order valence-corrected chi connectivity index (χ0v) is 12.6. The monoisotopic (exact) mass is 291 g/mol. The van der Waals surface area contributed by atoms with Crippen molar-refractivity contribution in [3.8, 4) is 0 Å². The van der Waals surface area contributed by atoms with Gasteiger partial charge in [-0.1, -0.05) is 41.9 Å². The first-order valence-electron chi connectivity index (χ1n) is 6.71. The molecule has 19 heavy (non-hydrogen) atoms. The Kier molecular flexibility index (Phi) is 3.66. The second-order valence-electron chi connectivity index (χ2n) is 5.27. The topological polar surface area (TPSA) is 12.0 Å². The first-order valence-corrected chi connectivity index (χ1v) is 7.91. The number of hydrogen-bond acceptors (Lipinski definition) is 2. The van der Waals surface area contributed by atoms with Crippen LogP contribution in [0.15, 0.2) is 42.5 Å². The summed E-state index contributed by atoms with van der Waals surface area (Å²) in [6.45, 7) is 0. The van der Waals surface area contributed by atoms with E-state index >= 15 is 0 Å². The number of thiophene rings is 1. The van der Waals surface area contributed by atoms with E-state index in [1.165, 1.54) is 23.3 Å². The molecular formula is C16H18ClNS. The molecule has 3 heteroatoms. The standard InChI is InChI=1S/C16H18ClNS/c1-18-14(11-13-7-8-15(17)19-13)16(9-10-16)12-5-3-2-4-6-12/h2-8,14,18H,9-11H2,1H3. The molecule has 1 saturated carbocycles. The van der Waals surface area contributed by atoms with Crippen molar-refractivity contribution in [3.63, 3.8) is 0 Å². The van der Waals surface area contributed by atoms with Crippen LogP contribution in [0.25, 0.3) is 0 Å². The molecule has 3 rings (SSSR count). The highest BCUT2D eigenvalue weighted by atomic mass is 35.5. The molecule has 1 fully saturated rings. The lowest BCUT2D eigenvalue weighted by atomic mass is 9.86. The third-order valence-corrected chi connectivity index (χ3v) is 5.44. The third-order valence-electron chi connectivity index (χ3n) is 4.19. The van der Waals surface area contributed by atoms with Crippen LogP contribution < -0.4 is 5.32 Å². The van der Waals surface area contributed by atoms with E-state index in [1.54, 1.807) is 11.3 Å². The molecule has 0 saturated heterocycles. The van der Waals surface area contributed by atoms with E-state index in [4.69, 9.17) is 11.6 Å². The van der Waals surface area contributed by atoms with Crippen molar-refractivity contribution < 1.29 is 0 Å². The van der Waals surface area contributed by atoms with Crippen LogP contribution in [-0.2, 0) is 11.8 Å². The molecule has 0 spiro atoms. The van der Waals surface area contributed by atoms with Gasteiger partial charge in [-0.15, -0.1) is 11.3 Å². The average molecular weight is 292 g/mol. The normalized spacial score (nSPS) is 18.2. The van der Waals surface area contributed by atoms with Crippen LogP contribution >= 0.6 is 22.9 Å². The van der Waals surface area contributed by atoms with Crippen LogP contribution in [0.5, 0.6) is 0 Å². The van der Waals surface area contributed by atoms with Gasteiger partial charge in [0.2, 0.25) is 0 Å². The second kappa shape index (κ2) is 5.28. The molecule has 0 radical (unpaired) electrons. The van der Waals surface area contributed by atoms with Gasteiger partial charge >= 0.3 is 0 Å². The lowest BCUT2D eigenvalue weighted by molar-refractivity contribution is 0.445. The summed E-state index contributed by atoms with van der Waals surface area (Å²) in [5, 5.41) is 3.52. The predicted octanol–water partition coefficient (Wildman–Crippen LogP) is 4.26. The molecule has 1 aromatic carbocycles. The zero-order chi connectivity index (χ0) is 13.3. The van der Waals surface area contributed by atoms with Crippen molar-refractivity contribution in [2.24, 2.45) is 0 Å². The van der Waals surface area contributed by atoms with Crippen molar-refractivity contribution in [2.45, 2.75) is 30.7 Å². The molecule has 1 aliphatic carbocycles. The third kappa shape index (κ3) is 2.58. The molecule has 1 nitrogen and oxygen atoms in total. The number of halogens is 1. The lowest BCUT2D eigenvalue weighted by Crippen LogP contribution is -2.39. The largest absolute Gasteiger partial charge is 0.316 e. The number of benzene rings is 1. The van der Waals surface area contributed by atoms with Gasteiger partial charge in [0.25, 0.3) is 0 Å². The molecule has 0 amide bonds. The molecule has 100 valence electrons.